The van der Waals surface area contributed by atoms with Crippen molar-refractivity contribution in [3.8, 4) is 0 Å². The van der Waals surface area contributed by atoms with Crippen LogP contribution in [0.3, 0.4) is 0 Å². The molecule has 1 aliphatic heterocycles. The highest BCUT2D eigenvalue weighted by Crippen LogP contribution is 2.28. The fourth-order valence-corrected chi connectivity index (χ4v) is 3.33. The molecule has 1 aromatic carbocycles. The molecule has 0 spiro atoms. The highest BCUT2D eigenvalue weighted by Gasteiger charge is 2.16. The van der Waals surface area contributed by atoms with Crippen LogP contribution < -0.4 is 15.5 Å². The monoisotopic (exact) mass is 333 g/mol. The van der Waals surface area contributed by atoms with Gasteiger partial charge in [0.1, 0.15) is 0 Å². The molecule has 134 valence electrons. The minimum Gasteiger partial charge on any atom is -0.396 e. The summed E-state index contributed by atoms with van der Waals surface area (Å²) >= 11 is 0. The van der Waals surface area contributed by atoms with E-state index in [0.29, 0.717) is 12.5 Å². The van der Waals surface area contributed by atoms with Gasteiger partial charge in [-0.2, -0.15) is 0 Å². The number of para-hydroxylation sites is 2. The number of amides is 2. The molecule has 3 N–H and O–H groups in total. The quantitative estimate of drug-likeness (QED) is 0.681. The second-order valence-electron chi connectivity index (χ2n) is 6.57. The van der Waals surface area contributed by atoms with E-state index in [4.69, 9.17) is 5.11 Å². The number of aliphatic hydroxyl groups is 1. The summed E-state index contributed by atoms with van der Waals surface area (Å²) < 4.78 is 0. The van der Waals surface area contributed by atoms with Crippen LogP contribution in [-0.2, 0) is 0 Å². The van der Waals surface area contributed by atoms with Gasteiger partial charge < -0.3 is 20.6 Å². The average molecular weight is 333 g/mol. The number of hydrogen-bond acceptors (Lipinski definition) is 3. The Balaban J connectivity index is 1.91. The molecule has 5 nitrogen and oxygen atoms in total. The maximum absolute atomic E-state index is 12.3. The number of nitrogens with zero attached hydrogens (tertiary/aromatic N) is 1. The number of urea groups is 1. The van der Waals surface area contributed by atoms with E-state index in [1.807, 2.05) is 18.2 Å². The van der Waals surface area contributed by atoms with Gasteiger partial charge in [0.2, 0.25) is 0 Å². The number of benzene rings is 1. The van der Waals surface area contributed by atoms with Crippen LogP contribution in [0.15, 0.2) is 24.3 Å². The van der Waals surface area contributed by atoms with Crippen molar-refractivity contribution in [2.45, 2.75) is 45.4 Å². The molecule has 2 rings (SSSR count). The van der Waals surface area contributed by atoms with Gasteiger partial charge in [0.25, 0.3) is 0 Å². The standard InChI is InChI=1S/C19H31N3O2/c1-2-8-16(11-14-23)15-20-19(24)21-17-9-4-5-10-18(17)22-12-6-3-7-13-22/h4-5,9-10,16,23H,2-3,6-8,11-15H2,1H3,(H2,20,21,24). The minimum absolute atomic E-state index is 0.168. The lowest BCUT2D eigenvalue weighted by molar-refractivity contribution is 0.237. The summed E-state index contributed by atoms with van der Waals surface area (Å²) in [5.41, 5.74) is 1.97. The van der Waals surface area contributed by atoms with Crippen molar-refractivity contribution in [3.63, 3.8) is 0 Å². The molecule has 0 saturated carbocycles. The average Bonchev–Trinajstić information content (AvgIpc) is 2.61. The van der Waals surface area contributed by atoms with Gasteiger partial charge in [0.15, 0.2) is 0 Å². The summed E-state index contributed by atoms with van der Waals surface area (Å²) in [6.07, 6.45) is 6.52. The number of carbonyl (C=O) groups is 1. The Morgan fingerprint density at radius 1 is 1.21 bits per heavy atom. The molecule has 2 amide bonds. The molecule has 1 fully saturated rings. The van der Waals surface area contributed by atoms with Crippen LogP contribution in [0.4, 0.5) is 16.2 Å². The van der Waals surface area contributed by atoms with E-state index < -0.39 is 0 Å². The van der Waals surface area contributed by atoms with Crippen LogP contribution in [0, 0.1) is 5.92 Å². The summed E-state index contributed by atoms with van der Waals surface area (Å²) in [5, 5.41) is 15.1. The molecule has 1 unspecified atom stereocenters. The summed E-state index contributed by atoms with van der Waals surface area (Å²) in [5.74, 6) is 0.336. The van der Waals surface area contributed by atoms with Crippen LogP contribution in [0.25, 0.3) is 0 Å². The Labute approximate surface area is 145 Å². The molecule has 1 saturated heterocycles. The fraction of sp³-hybridized carbons (Fsp3) is 0.632. The van der Waals surface area contributed by atoms with Gasteiger partial charge in [0, 0.05) is 26.2 Å². The van der Waals surface area contributed by atoms with Crippen LogP contribution in [0.5, 0.6) is 0 Å². The molecular weight excluding hydrogens is 302 g/mol. The third kappa shape index (κ3) is 5.71. The molecule has 0 radical (unpaired) electrons. The zero-order chi connectivity index (χ0) is 17.2. The van der Waals surface area contributed by atoms with E-state index >= 15 is 0 Å². The number of anilines is 2. The molecule has 0 aromatic heterocycles. The Morgan fingerprint density at radius 2 is 1.96 bits per heavy atom. The normalized spacial score (nSPS) is 15.8. The molecule has 1 heterocycles. The van der Waals surface area contributed by atoms with Crippen molar-refractivity contribution in [2.75, 3.05) is 36.5 Å². The third-order valence-corrected chi connectivity index (χ3v) is 4.63. The van der Waals surface area contributed by atoms with E-state index in [-0.39, 0.29) is 12.6 Å². The smallest absolute Gasteiger partial charge is 0.319 e. The van der Waals surface area contributed by atoms with E-state index in [1.54, 1.807) is 0 Å². The number of carbonyl (C=O) groups excluding carboxylic acids is 1. The molecule has 1 aliphatic rings. The Hall–Kier alpha value is -1.75. The van der Waals surface area contributed by atoms with Crippen molar-refractivity contribution in [3.05, 3.63) is 24.3 Å². The van der Waals surface area contributed by atoms with Gasteiger partial charge in [-0.15, -0.1) is 0 Å². The van der Waals surface area contributed by atoms with Crippen molar-refractivity contribution in [1.82, 2.24) is 5.32 Å². The Morgan fingerprint density at radius 3 is 2.67 bits per heavy atom. The van der Waals surface area contributed by atoms with Crippen molar-refractivity contribution >= 4 is 17.4 Å². The lowest BCUT2D eigenvalue weighted by Gasteiger charge is -2.30. The predicted octanol–water partition coefficient (Wildman–Crippen LogP) is 3.60. The highest BCUT2D eigenvalue weighted by atomic mass is 16.3. The van der Waals surface area contributed by atoms with Gasteiger partial charge in [-0.1, -0.05) is 25.5 Å². The molecule has 0 aliphatic carbocycles. The van der Waals surface area contributed by atoms with Crippen LogP contribution >= 0.6 is 0 Å². The van der Waals surface area contributed by atoms with E-state index in [0.717, 1.165) is 43.7 Å². The van der Waals surface area contributed by atoms with Gasteiger partial charge >= 0.3 is 6.03 Å². The molecule has 5 heteroatoms. The van der Waals surface area contributed by atoms with Gasteiger partial charge in [-0.25, -0.2) is 4.79 Å². The molecule has 24 heavy (non-hydrogen) atoms. The number of hydrogen-bond donors (Lipinski definition) is 3. The van der Waals surface area contributed by atoms with E-state index in [2.05, 4.69) is 28.5 Å². The van der Waals surface area contributed by atoms with Gasteiger partial charge in [-0.3, -0.25) is 0 Å². The predicted molar refractivity (Wildman–Crippen MR) is 99.6 cm³/mol. The van der Waals surface area contributed by atoms with E-state index in [9.17, 15) is 4.79 Å². The molecule has 0 bridgehead atoms. The summed E-state index contributed by atoms with van der Waals surface area (Å²) in [6.45, 7) is 5.00. The van der Waals surface area contributed by atoms with Gasteiger partial charge in [-0.05, 0) is 50.2 Å². The topological polar surface area (TPSA) is 64.6 Å². The Kier molecular flexibility index (Phi) is 7.89. The number of piperidine rings is 1. The largest absolute Gasteiger partial charge is 0.396 e. The second kappa shape index (κ2) is 10.2. The molecular formula is C19H31N3O2. The number of nitrogens with one attached hydrogen (secondary N) is 2. The van der Waals surface area contributed by atoms with Crippen LogP contribution in [-0.4, -0.2) is 37.4 Å². The third-order valence-electron chi connectivity index (χ3n) is 4.63. The molecule has 1 aromatic rings. The van der Waals surface area contributed by atoms with E-state index in [1.165, 1.54) is 19.3 Å². The Bertz CT molecular complexity index is 495. The first-order chi connectivity index (χ1) is 11.7. The first kappa shape index (κ1) is 18.6. The zero-order valence-corrected chi connectivity index (χ0v) is 14.8. The first-order valence-electron chi connectivity index (χ1n) is 9.24. The van der Waals surface area contributed by atoms with Gasteiger partial charge in [0.05, 0.1) is 11.4 Å². The zero-order valence-electron chi connectivity index (χ0n) is 14.8. The maximum Gasteiger partial charge on any atom is 0.319 e. The SMILES string of the molecule is CCCC(CCO)CNC(=O)Nc1ccccc1N1CCCCC1. The lowest BCUT2D eigenvalue weighted by Crippen LogP contribution is -2.35. The highest BCUT2D eigenvalue weighted by molar-refractivity contribution is 5.93. The van der Waals surface area contributed by atoms with Crippen LogP contribution in [0.2, 0.25) is 0 Å². The fourth-order valence-electron chi connectivity index (χ4n) is 3.33. The first-order valence-corrected chi connectivity index (χ1v) is 9.24. The summed E-state index contributed by atoms with van der Waals surface area (Å²) in [6, 6.07) is 7.84. The molecule has 1 atom stereocenters. The van der Waals surface area contributed by atoms with Crippen molar-refractivity contribution in [1.29, 1.82) is 0 Å². The number of rotatable bonds is 8. The summed E-state index contributed by atoms with van der Waals surface area (Å²) in [7, 11) is 0. The lowest BCUT2D eigenvalue weighted by atomic mass is 10.0. The maximum atomic E-state index is 12.3. The van der Waals surface area contributed by atoms with Crippen molar-refractivity contribution in [2.24, 2.45) is 5.92 Å². The second-order valence-corrected chi connectivity index (χ2v) is 6.57. The summed E-state index contributed by atoms with van der Waals surface area (Å²) in [4.78, 5) is 14.6. The van der Waals surface area contributed by atoms with Crippen molar-refractivity contribution < 1.29 is 9.90 Å². The number of aliphatic hydroxyl groups excluding tert-OH is 1. The minimum atomic E-state index is -0.168. The van der Waals surface area contributed by atoms with Crippen LogP contribution in [0.1, 0.15) is 45.4 Å².